The minimum Gasteiger partial charge on any atom is -0.378 e. The molecule has 2 amide bonds. The maximum atomic E-state index is 12.9. The molecular formula is C22H31N3O2. The van der Waals surface area contributed by atoms with Crippen LogP contribution in [0.25, 0.3) is 0 Å². The largest absolute Gasteiger partial charge is 0.378 e. The highest BCUT2D eigenvalue weighted by Gasteiger charge is 2.54. The van der Waals surface area contributed by atoms with E-state index in [0.29, 0.717) is 6.54 Å². The SMILES string of the molecule is CN(C)c1ccc(CNC(=O)CNC(=O)C23CC4CC(CC(C4)C2)C3)cc1. The average Bonchev–Trinajstić information content (AvgIpc) is 2.63. The van der Waals surface area contributed by atoms with Crippen molar-refractivity contribution in [1.82, 2.24) is 10.6 Å². The number of benzene rings is 1. The van der Waals surface area contributed by atoms with Gasteiger partial charge < -0.3 is 15.5 Å². The molecule has 0 radical (unpaired) electrons. The van der Waals surface area contributed by atoms with Crippen LogP contribution in [0.5, 0.6) is 0 Å². The second-order valence-corrected chi connectivity index (χ2v) is 9.22. The third-order valence-corrected chi connectivity index (χ3v) is 6.87. The lowest BCUT2D eigenvalue weighted by molar-refractivity contribution is -0.147. The highest BCUT2D eigenvalue weighted by atomic mass is 16.2. The molecule has 5 rings (SSSR count). The van der Waals surface area contributed by atoms with Crippen LogP contribution in [-0.2, 0) is 16.1 Å². The van der Waals surface area contributed by atoms with Crippen molar-refractivity contribution in [2.24, 2.45) is 23.2 Å². The van der Waals surface area contributed by atoms with E-state index in [0.717, 1.165) is 48.3 Å². The molecule has 0 saturated heterocycles. The summed E-state index contributed by atoms with van der Waals surface area (Å²) in [5.41, 5.74) is 2.01. The van der Waals surface area contributed by atoms with Gasteiger partial charge in [-0.2, -0.15) is 0 Å². The van der Waals surface area contributed by atoms with E-state index in [-0.39, 0.29) is 23.8 Å². The monoisotopic (exact) mass is 369 g/mol. The van der Waals surface area contributed by atoms with E-state index in [1.807, 2.05) is 43.3 Å². The van der Waals surface area contributed by atoms with E-state index in [9.17, 15) is 9.59 Å². The Balaban J connectivity index is 1.25. The Morgan fingerprint density at radius 3 is 2.04 bits per heavy atom. The molecule has 5 nitrogen and oxygen atoms in total. The molecule has 0 unspecified atom stereocenters. The maximum Gasteiger partial charge on any atom is 0.239 e. The van der Waals surface area contributed by atoms with Crippen molar-refractivity contribution in [2.75, 3.05) is 25.5 Å². The van der Waals surface area contributed by atoms with Gasteiger partial charge in [0.2, 0.25) is 11.8 Å². The van der Waals surface area contributed by atoms with E-state index in [2.05, 4.69) is 10.6 Å². The van der Waals surface area contributed by atoms with Gasteiger partial charge in [0.15, 0.2) is 0 Å². The first-order valence-corrected chi connectivity index (χ1v) is 10.2. The Kier molecular flexibility index (Phi) is 4.87. The minimum atomic E-state index is -0.183. The Bertz CT molecular complexity index is 675. The van der Waals surface area contributed by atoms with Crippen molar-refractivity contribution in [1.29, 1.82) is 0 Å². The predicted molar refractivity (Wildman–Crippen MR) is 106 cm³/mol. The van der Waals surface area contributed by atoms with E-state index < -0.39 is 0 Å². The zero-order valence-corrected chi connectivity index (χ0v) is 16.5. The summed E-state index contributed by atoms with van der Waals surface area (Å²) in [6.45, 7) is 0.566. The number of nitrogens with one attached hydrogen (secondary N) is 2. The van der Waals surface area contributed by atoms with Gasteiger partial charge in [-0.1, -0.05) is 12.1 Å². The first-order chi connectivity index (χ1) is 12.9. The number of hydrogen-bond donors (Lipinski definition) is 2. The third kappa shape index (κ3) is 3.83. The Morgan fingerprint density at radius 1 is 0.963 bits per heavy atom. The van der Waals surface area contributed by atoms with Crippen molar-refractivity contribution in [3.63, 3.8) is 0 Å². The van der Waals surface area contributed by atoms with Crippen LogP contribution in [-0.4, -0.2) is 32.5 Å². The quantitative estimate of drug-likeness (QED) is 0.810. The van der Waals surface area contributed by atoms with Gasteiger partial charge in [-0.25, -0.2) is 0 Å². The number of carbonyl (C=O) groups is 2. The van der Waals surface area contributed by atoms with E-state index in [1.165, 1.54) is 19.3 Å². The van der Waals surface area contributed by atoms with Crippen LogP contribution in [0.2, 0.25) is 0 Å². The van der Waals surface area contributed by atoms with Crippen molar-refractivity contribution in [2.45, 2.75) is 45.1 Å². The van der Waals surface area contributed by atoms with E-state index in [1.54, 1.807) is 0 Å². The first-order valence-electron chi connectivity index (χ1n) is 10.2. The molecule has 4 aliphatic rings. The number of carbonyl (C=O) groups excluding carboxylic acids is 2. The van der Waals surface area contributed by atoms with Crippen molar-refractivity contribution < 1.29 is 9.59 Å². The first kappa shape index (κ1) is 18.3. The molecule has 4 bridgehead atoms. The van der Waals surface area contributed by atoms with Gasteiger partial charge in [0.05, 0.1) is 6.54 Å². The van der Waals surface area contributed by atoms with Crippen LogP contribution in [0, 0.1) is 23.2 Å². The highest BCUT2D eigenvalue weighted by Crippen LogP contribution is 2.60. The number of anilines is 1. The Hall–Kier alpha value is -2.04. The van der Waals surface area contributed by atoms with Gasteiger partial charge in [-0.3, -0.25) is 9.59 Å². The van der Waals surface area contributed by atoms with Crippen LogP contribution in [0.4, 0.5) is 5.69 Å². The molecule has 0 heterocycles. The third-order valence-electron chi connectivity index (χ3n) is 6.87. The van der Waals surface area contributed by atoms with Crippen LogP contribution in [0.15, 0.2) is 24.3 Å². The van der Waals surface area contributed by atoms with Gasteiger partial charge in [0.25, 0.3) is 0 Å². The Morgan fingerprint density at radius 2 is 1.52 bits per heavy atom. The number of hydrogen-bond acceptors (Lipinski definition) is 3. The normalized spacial score (nSPS) is 30.8. The average molecular weight is 370 g/mol. The van der Waals surface area contributed by atoms with Gasteiger partial charge in [-0.05, 0) is 74.0 Å². The summed E-state index contributed by atoms with van der Waals surface area (Å²) in [5, 5.41) is 5.85. The second-order valence-electron chi connectivity index (χ2n) is 9.22. The Labute approximate surface area is 161 Å². The summed E-state index contributed by atoms with van der Waals surface area (Å²) in [6, 6.07) is 8.11. The molecule has 1 aromatic rings. The molecule has 2 N–H and O–H groups in total. The second kappa shape index (κ2) is 7.17. The molecule has 0 atom stereocenters. The lowest BCUT2D eigenvalue weighted by Gasteiger charge is -2.55. The fourth-order valence-corrected chi connectivity index (χ4v) is 5.91. The van der Waals surface area contributed by atoms with Gasteiger partial charge in [-0.15, -0.1) is 0 Å². The lowest BCUT2D eigenvalue weighted by Crippen LogP contribution is -2.54. The number of nitrogens with zero attached hydrogens (tertiary/aromatic N) is 1. The highest BCUT2D eigenvalue weighted by molar-refractivity contribution is 5.88. The molecule has 5 heteroatoms. The van der Waals surface area contributed by atoms with Crippen LogP contribution in [0.1, 0.15) is 44.1 Å². The van der Waals surface area contributed by atoms with Gasteiger partial charge in [0.1, 0.15) is 0 Å². The fourth-order valence-electron chi connectivity index (χ4n) is 5.91. The summed E-state index contributed by atoms with van der Waals surface area (Å²) in [7, 11) is 4.01. The summed E-state index contributed by atoms with van der Waals surface area (Å²) in [5.74, 6) is 2.21. The van der Waals surface area contributed by atoms with Crippen molar-refractivity contribution >= 4 is 17.5 Å². The maximum absolute atomic E-state index is 12.9. The molecular weight excluding hydrogens is 338 g/mol. The number of rotatable bonds is 6. The van der Waals surface area contributed by atoms with Gasteiger partial charge >= 0.3 is 0 Å². The summed E-state index contributed by atoms with van der Waals surface area (Å²) in [6.07, 6.45) is 7.05. The zero-order valence-electron chi connectivity index (χ0n) is 16.5. The smallest absolute Gasteiger partial charge is 0.239 e. The van der Waals surface area contributed by atoms with Gasteiger partial charge in [0, 0.05) is 31.7 Å². The fraction of sp³-hybridized carbons (Fsp3) is 0.636. The van der Waals surface area contributed by atoms with Crippen molar-refractivity contribution in [3.05, 3.63) is 29.8 Å². The van der Waals surface area contributed by atoms with Crippen LogP contribution >= 0.6 is 0 Å². The molecule has 0 spiro atoms. The van der Waals surface area contributed by atoms with E-state index in [4.69, 9.17) is 0 Å². The molecule has 1 aromatic carbocycles. The summed E-state index contributed by atoms with van der Waals surface area (Å²) >= 11 is 0. The molecule has 0 aromatic heterocycles. The van der Waals surface area contributed by atoms with Crippen LogP contribution < -0.4 is 15.5 Å². The molecule has 27 heavy (non-hydrogen) atoms. The van der Waals surface area contributed by atoms with Crippen LogP contribution in [0.3, 0.4) is 0 Å². The predicted octanol–water partition coefficient (Wildman–Crippen LogP) is 2.70. The zero-order chi connectivity index (χ0) is 19.0. The van der Waals surface area contributed by atoms with Crippen molar-refractivity contribution in [3.8, 4) is 0 Å². The standard InChI is InChI=1S/C22H31N3O2/c1-25(2)19-5-3-15(4-6-19)13-23-20(26)14-24-21(27)22-10-16-7-17(11-22)9-18(8-16)12-22/h3-6,16-18H,7-14H2,1-2H3,(H,23,26)(H,24,27). The number of amides is 2. The molecule has 4 fully saturated rings. The summed E-state index contributed by atoms with van der Waals surface area (Å²) < 4.78 is 0. The minimum absolute atomic E-state index is 0.0797. The molecule has 4 saturated carbocycles. The summed E-state index contributed by atoms with van der Waals surface area (Å²) in [4.78, 5) is 27.1. The molecule has 146 valence electrons. The topological polar surface area (TPSA) is 61.4 Å². The molecule has 0 aliphatic heterocycles. The van der Waals surface area contributed by atoms with E-state index >= 15 is 0 Å². The molecule has 4 aliphatic carbocycles. The lowest BCUT2D eigenvalue weighted by atomic mass is 9.49.